The number of hydrogen-bond donors (Lipinski definition) is 3. The summed E-state index contributed by atoms with van der Waals surface area (Å²) in [7, 11) is 0. The first-order chi connectivity index (χ1) is 18.1. The van der Waals surface area contributed by atoms with E-state index in [0.717, 1.165) is 22.2 Å². The Morgan fingerprint density at radius 1 is 1.00 bits per heavy atom. The van der Waals surface area contributed by atoms with Crippen LogP contribution < -0.4 is 15.5 Å². The van der Waals surface area contributed by atoms with Gasteiger partial charge in [-0.1, -0.05) is 42.5 Å². The predicted octanol–water partition coefficient (Wildman–Crippen LogP) is 4.80. The van der Waals surface area contributed by atoms with Crippen molar-refractivity contribution >= 4 is 51.6 Å². The molecule has 190 valence electrons. The van der Waals surface area contributed by atoms with Gasteiger partial charge < -0.3 is 20.6 Å². The van der Waals surface area contributed by atoms with Gasteiger partial charge in [-0.2, -0.15) is 0 Å². The van der Waals surface area contributed by atoms with Gasteiger partial charge in [-0.25, -0.2) is 18.7 Å². The van der Waals surface area contributed by atoms with E-state index in [1.165, 1.54) is 11.6 Å². The molecule has 1 fully saturated rings. The lowest BCUT2D eigenvalue weighted by Gasteiger charge is -2.36. The molecule has 0 spiro atoms. The number of aromatic nitrogens is 2. The number of halogens is 2. The topological polar surface area (TPSA) is 76.6 Å². The first kappa shape index (κ1) is 24.9. The Morgan fingerprint density at radius 3 is 2.59 bits per heavy atom. The standard InChI is InChI=1S/C27H26F2N6OS/c28-24-22(7-8-23(25(24)29)35-11-9-34(10-12-35)13-14-36)32-27-30-16-19-4-2-6-21(26(19)33-27)18-3-1-5-20(15-18)31-17-37/h1-8,15-17,36H,9-14H2,(H,31,37)(H,30,32,33). The number of fused-ring (bicyclic) bond motifs is 1. The smallest absolute Gasteiger partial charge is 0.227 e. The van der Waals surface area contributed by atoms with E-state index in [-0.39, 0.29) is 23.9 Å². The molecule has 0 saturated carbocycles. The highest BCUT2D eigenvalue weighted by atomic mass is 32.1. The summed E-state index contributed by atoms with van der Waals surface area (Å²) in [5, 5.41) is 15.8. The predicted molar refractivity (Wildman–Crippen MR) is 148 cm³/mol. The minimum absolute atomic E-state index is 0.0378. The molecule has 0 radical (unpaired) electrons. The van der Waals surface area contributed by atoms with Crippen LogP contribution in [0, 0.1) is 11.6 Å². The van der Waals surface area contributed by atoms with Crippen LogP contribution in [0.2, 0.25) is 0 Å². The third-order valence-corrected chi connectivity index (χ3v) is 6.57. The maximum absolute atomic E-state index is 15.1. The second kappa shape index (κ2) is 11.1. The van der Waals surface area contributed by atoms with Gasteiger partial charge in [0.15, 0.2) is 11.6 Å². The number of nitrogens with zero attached hydrogens (tertiary/aromatic N) is 4. The first-order valence-corrected chi connectivity index (χ1v) is 12.4. The van der Waals surface area contributed by atoms with Crippen LogP contribution in [-0.4, -0.2) is 64.8 Å². The lowest BCUT2D eigenvalue weighted by atomic mass is 10.0. The molecule has 0 aliphatic carbocycles. The van der Waals surface area contributed by atoms with Gasteiger partial charge in [0.2, 0.25) is 5.95 Å². The van der Waals surface area contributed by atoms with Crippen LogP contribution in [0.1, 0.15) is 0 Å². The number of rotatable bonds is 8. The van der Waals surface area contributed by atoms with Crippen molar-refractivity contribution in [3.05, 3.63) is 72.4 Å². The van der Waals surface area contributed by atoms with Crippen LogP contribution in [0.25, 0.3) is 22.0 Å². The summed E-state index contributed by atoms with van der Waals surface area (Å²) in [5.41, 5.74) is 4.96. The number of aliphatic hydroxyl groups excluding tert-OH is 1. The molecular weight excluding hydrogens is 494 g/mol. The van der Waals surface area contributed by atoms with Gasteiger partial charge >= 0.3 is 0 Å². The Bertz CT molecular complexity index is 1430. The van der Waals surface area contributed by atoms with Crippen molar-refractivity contribution in [2.75, 3.05) is 54.9 Å². The molecule has 3 N–H and O–H groups in total. The number of piperazine rings is 1. The number of β-amino-alcohol motifs (C(OH)–C–C–N with tert-alkyl or cyclic N) is 1. The quantitative estimate of drug-likeness (QED) is 0.286. The molecule has 4 aromatic rings. The van der Waals surface area contributed by atoms with Gasteiger partial charge in [-0.05, 0) is 29.8 Å². The van der Waals surface area contributed by atoms with Crippen molar-refractivity contribution in [2.45, 2.75) is 0 Å². The van der Waals surface area contributed by atoms with Gasteiger partial charge in [0.05, 0.1) is 29.0 Å². The van der Waals surface area contributed by atoms with Crippen molar-refractivity contribution in [1.82, 2.24) is 14.9 Å². The molecule has 10 heteroatoms. The highest BCUT2D eigenvalue weighted by molar-refractivity contribution is 7.79. The van der Waals surface area contributed by atoms with Crippen molar-refractivity contribution < 1.29 is 13.9 Å². The molecule has 1 aromatic heterocycles. The van der Waals surface area contributed by atoms with Crippen molar-refractivity contribution in [2.24, 2.45) is 0 Å². The van der Waals surface area contributed by atoms with E-state index in [1.54, 1.807) is 12.3 Å². The van der Waals surface area contributed by atoms with E-state index in [4.69, 9.17) is 17.3 Å². The molecule has 0 bridgehead atoms. The Kier molecular flexibility index (Phi) is 7.50. The highest BCUT2D eigenvalue weighted by Gasteiger charge is 2.22. The van der Waals surface area contributed by atoms with Gasteiger partial charge in [-0.3, -0.25) is 4.90 Å². The van der Waals surface area contributed by atoms with E-state index in [1.807, 2.05) is 47.4 Å². The fourth-order valence-corrected chi connectivity index (χ4v) is 4.68. The first-order valence-electron chi connectivity index (χ1n) is 12.0. The summed E-state index contributed by atoms with van der Waals surface area (Å²) in [4.78, 5) is 12.9. The Labute approximate surface area is 218 Å². The SMILES string of the molecule is OCCN1CCN(c2ccc(Nc3ncc4cccc(-c5cccc(NC=S)c5)c4n3)c(F)c2F)CC1. The second-order valence-corrected chi connectivity index (χ2v) is 8.95. The second-order valence-electron chi connectivity index (χ2n) is 8.72. The van der Waals surface area contributed by atoms with Crippen LogP contribution in [0.3, 0.4) is 0 Å². The molecular formula is C27H26F2N6OS. The fourth-order valence-electron chi connectivity index (χ4n) is 4.55. The Balaban J connectivity index is 1.41. The summed E-state index contributed by atoms with van der Waals surface area (Å²) < 4.78 is 30.2. The van der Waals surface area contributed by atoms with E-state index in [9.17, 15) is 0 Å². The average Bonchev–Trinajstić information content (AvgIpc) is 2.92. The van der Waals surface area contributed by atoms with E-state index in [0.29, 0.717) is 38.2 Å². The molecule has 0 unspecified atom stereocenters. The third-order valence-electron chi connectivity index (χ3n) is 6.45. The zero-order chi connectivity index (χ0) is 25.8. The average molecular weight is 521 g/mol. The molecule has 37 heavy (non-hydrogen) atoms. The Hall–Kier alpha value is -3.73. The monoisotopic (exact) mass is 520 g/mol. The van der Waals surface area contributed by atoms with Crippen LogP contribution in [0.5, 0.6) is 0 Å². The molecule has 2 heterocycles. The summed E-state index contributed by atoms with van der Waals surface area (Å²) in [5.74, 6) is -1.73. The largest absolute Gasteiger partial charge is 0.395 e. The summed E-state index contributed by atoms with van der Waals surface area (Å²) in [6, 6.07) is 16.6. The number of aliphatic hydroxyl groups is 1. The van der Waals surface area contributed by atoms with Gasteiger partial charge in [0.25, 0.3) is 0 Å². The Morgan fingerprint density at radius 2 is 1.81 bits per heavy atom. The zero-order valence-electron chi connectivity index (χ0n) is 20.0. The van der Waals surface area contributed by atoms with E-state index >= 15 is 8.78 Å². The molecule has 0 amide bonds. The normalized spacial score (nSPS) is 14.1. The van der Waals surface area contributed by atoms with Crippen LogP contribution >= 0.6 is 12.2 Å². The molecule has 5 rings (SSSR count). The molecule has 0 atom stereocenters. The number of benzene rings is 3. The molecule has 1 aliphatic rings. The fraction of sp³-hybridized carbons (Fsp3) is 0.222. The highest BCUT2D eigenvalue weighted by Crippen LogP contribution is 2.32. The maximum Gasteiger partial charge on any atom is 0.227 e. The van der Waals surface area contributed by atoms with Crippen LogP contribution in [-0.2, 0) is 0 Å². The molecule has 1 aliphatic heterocycles. The number of para-hydroxylation sites is 1. The van der Waals surface area contributed by atoms with Crippen molar-refractivity contribution in [3.8, 4) is 11.1 Å². The van der Waals surface area contributed by atoms with Crippen LogP contribution in [0.4, 0.5) is 31.8 Å². The number of nitrogens with one attached hydrogen (secondary N) is 2. The maximum atomic E-state index is 15.1. The molecule has 7 nitrogen and oxygen atoms in total. The van der Waals surface area contributed by atoms with E-state index < -0.39 is 11.6 Å². The molecule has 3 aromatic carbocycles. The lowest BCUT2D eigenvalue weighted by Crippen LogP contribution is -2.47. The number of hydrogen-bond acceptors (Lipinski definition) is 7. The third kappa shape index (κ3) is 5.36. The van der Waals surface area contributed by atoms with Crippen LogP contribution in [0.15, 0.2) is 60.8 Å². The minimum Gasteiger partial charge on any atom is -0.395 e. The number of anilines is 4. The number of thiocarbonyl (C=S) groups is 1. The van der Waals surface area contributed by atoms with Crippen molar-refractivity contribution in [1.29, 1.82) is 0 Å². The summed E-state index contributed by atoms with van der Waals surface area (Å²) in [6.45, 7) is 3.13. The van der Waals surface area contributed by atoms with Crippen molar-refractivity contribution in [3.63, 3.8) is 0 Å². The minimum atomic E-state index is -0.980. The zero-order valence-corrected chi connectivity index (χ0v) is 20.8. The van der Waals surface area contributed by atoms with Gasteiger partial charge in [-0.15, -0.1) is 0 Å². The molecule has 1 saturated heterocycles. The van der Waals surface area contributed by atoms with Gasteiger partial charge in [0, 0.05) is 55.6 Å². The summed E-state index contributed by atoms with van der Waals surface area (Å²) >= 11 is 4.89. The van der Waals surface area contributed by atoms with Gasteiger partial charge in [0.1, 0.15) is 0 Å². The van der Waals surface area contributed by atoms with E-state index in [2.05, 4.69) is 25.5 Å². The summed E-state index contributed by atoms with van der Waals surface area (Å²) in [6.07, 6.45) is 1.65. The lowest BCUT2D eigenvalue weighted by molar-refractivity contribution is 0.188.